The van der Waals surface area contributed by atoms with E-state index in [1.807, 2.05) is 12.1 Å². The number of nitrogens with one attached hydrogen (secondary N) is 1. The van der Waals surface area contributed by atoms with Gasteiger partial charge < -0.3 is 9.73 Å². The molecule has 2 aromatic heterocycles. The molecule has 1 aliphatic heterocycles. The molecule has 4 aromatic rings. The number of hydrogen-bond donors (Lipinski definition) is 1. The van der Waals surface area contributed by atoms with E-state index in [1.165, 1.54) is 10.7 Å². The molecular weight excluding hydrogens is 392 g/mol. The lowest BCUT2D eigenvalue weighted by molar-refractivity contribution is -0.116. The lowest BCUT2D eigenvalue weighted by atomic mass is 9.87. The first-order valence-corrected chi connectivity index (χ1v) is 9.30. The lowest BCUT2D eigenvalue weighted by Crippen LogP contribution is -2.28. The molecule has 3 heterocycles. The number of rotatable bonds is 3. The standard InChI is InChI=1S/C22H15F2N3O3/c1-11-20-14(21(29)18-8-12-4-2-3-5-17(12)30-18)10-19(28)25-22(20)27(26-11)16-7-6-13(23)9-15(16)24/h2-9,14H,10H2,1H3,(H,25,28). The van der Waals surface area contributed by atoms with Crippen LogP contribution in [-0.2, 0) is 4.79 Å². The number of ketones is 1. The number of carbonyl (C=O) groups is 2. The number of fused-ring (bicyclic) bond motifs is 2. The fraction of sp³-hybridized carbons (Fsp3) is 0.136. The van der Waals surface area contributed by atoms with Crippen LogP contribution in [0.2, 0.25) is 0 Å². The summed E-state index contributed by atoms with van der Waals surface area (Å²) in [4.78, 5) is 25.6. The average Bonchev–Trinajstić information content (AvgIpc) is 3.28. The Morgan fingerprint density at radius 2 is 2.00 bits per heavy atom. The Morgan fingerprint density at radius 3 is 2.77 bits per heavy atom. The first-order valence-electron chi connectivity index (χ1n) is 9.30. The number of anilines is 1. The van der Waals surface area contributed by atoms with E-state index in [0.29, 0.717) is 16.8 Å². The summed E-state index contributed by atoms with van der Waals surface area (Å²) in [5.41, 5.74) is 1.49. The summed E-state index contributed by atoms with van der Waals surface area (Å²) < 4.78 is 34.6. The summed E-state index contributed by atoms with van der Waals surface area (Å²) in [7, 11) is 0. The molecule has 0 saturated heterocycles. The maximum atomic E-state index is 14.4. The Kier molecular flexibility index (Phi) is 4.02. The highest BCUT2D eigenvalue weighted by Crippen LogP contribution is 2.39. The molecule has 1 N–H and O–H groups in total. The highest BCUT2D eigenvalue weighted by Gasteiger charge is 2.37. The third-order valence-corrected chi connectivity index (χ3v) is 5.23. The van der Waals surface area contributed by atoms with Crippen molar-refractivity contribution in [1.29, 1.82) is 0 Å². The number of carbonyl (C=O) groups excluding carboxylic acids is 2. The third-order valence-electron chi connectivity index (χ3n) is 5.23. The predicted octanol–water partition coefficient (Wildman–Crippen LogP) is 4.51. The van der Waals surface area contributed by atoms with Crippen molar-refractivity contribution in [2.24, 2.45) is 0 Å². The van der Waals surface area contributed by atoms with Crippen molar-refractivity contribution in [2.45, 2.75) is 19.3 Å². The molecule has 30 heavy (non-hydrogen) atoms. The van der Waals surface area contributed by atoms with Gasteiger partial charge in [0.1, 0.15) is 22.9 Å². The van der Waals surface area contributed by atoms with Crippen LogP contribution in [0.15, 0.2) is 52.9 Å². The number of aryl methyl sites for hydroxylation is 1. The van der Waals surface area contributed by atoms with Gasteiger partial charge in [0.25, 0.3) is 0 Å². The largest absolute Gasteiger partial charge is 0.453 e. The van der Waals surface area contributed by atoms with Crippen LogP contribution in [0.3, 0.4) is 0 Å². The van der Waals surface area contributed by atoms with Crippen molar-refractivity contribution in [3.63, 3.8) is 0 Å². The molecule has 0 fully saturated rings. The molecule has 1 atom stereocenters. The number of aromatic nitrogens is 2. The highest BCUT2D eigenvalue weighted by molar-refractivity contribution is 6.08. The van der Waals surface area contributed by atoms with Crippen molar-refractivity contribution < 1.29 is 22.8 Å². The lowest BCUT2D eigenvalue weighted by Gasteiger charge is -2.22. The molecule has 1 aliphatic rings. The monoisotopic (exact) mass is 407 g/mol. The zero-order chi connectivity index (χ0) is 21.0. The number of furan rings is 1. The minimum absolute atomic E-state index is 0.0297. The molecule has 0 aliphatic carbocycles. The molecule has 0 radical (unpaired) electrons. The van der Waals surface area contributed by atoms with E-state index < -0.39 is 23.5 Å². The molecule has 6 nitrogen and oxygen atoms in total. The quantitative estimate of drug-likeness (QED) is 0.507. The van der Waals surface area contributed by atoms with Gasteiger partial charge in [-0.3, -0.25) is 9.59 Å². The van der Waals surface area contributed by atoms with Crippen molar-refractivity contribution in [3.05, 3.63) is 77.2 Å². The van der Waals surface area contributed by atoms with Crippen molar-refractivity contribution in [3.8, 4) is 5.69 Å². The Balaban J connectivity index is 1.62. The highest BCUT2D eigenvalue weighted by atomic mass is 19.1. The van der Waals surface area contributed by atoms with Crippen LogP contribution >= 0.6 is 0 Å². The van der Waals surface area contributed by atoms with Crippen molar-refractivity contribution in [2.75, 3.05) is 5.32 Å². The van der Waals surface area contributed by atoms with Gasteiger partial charge in [-0.1, -0.05) is 18.2 Å². The molecule has 5 rings (SSSR count). The molecule has 150 valence electrons. The maximum absolute atomic E-state index is 14.4. The molecule has 0 spiro atoms. The molecule has 2 aromatic carbocycles. The number of halogens is 2. The third kappa shape index (κ3) is 2.80. The van der Waals surface area contributed by atoms with Crippen LogP contribution < -0.4 is 5.32 Å². The Bertz CT molecular complexity index is 1310. The summed E-state index contributed by atoms with van der Waals surface area (Å²) in [6.07, 6.45) is -0.0820. The van der Waals surface area contributed by atoms with E-state index in [0.717, 1.165) is 17.5 Å². The van der Waals surface area contributed by atoms with Crippen LogP contribution in [0.4, 0.5) is 14.6 Å². The smallest absolute Gasteiger partial charge is 0.226 e. The first-order chi connectivity index (χ1) is 14.4. The van der Waals surface area contributed by atoms with E-state index in [-0.39, 0.29) is 29.5 Å². The van der Waals surface area contributed by atoms with Gasteiger partial charge in [0.05, 0.1) is 11.6 Å². The average molecular weight is 407 g/mol. The molecule has 1 amide bonds. The zero-order valence-corrected chi connectivity index (χ0v) is 15.8. The number of hydrogen-bond acceptors (Lipinski definition) is 4. The Labute approximate surface area is 169 Å². The van der Waals surface area contributed by atoms with Crippen LogP contribution in [0, 0.1) is 18.6 Å². The number of benzene rings is 2. The van der Waals surface area contributed by atoms with E-state index in [4.69, 9.17) is 4.42 Å². The maximum Gasteiger partial charge on any atom is 0.226 e. The number of Topliss-reactive ketones (excluding diaryl/α,β-unsaturated/α-hetero) is 1. The van der Waals surface area contributed by atoms with Gasteiger partial charge in [-0.2, -0.15) is 5.10 Å². The molecule has 1 unspecified atom stereocenters. The van der Waals surface area contributed by atoms with Gasteiger partial charge in [-0.25, -0.2) is 13.5 Å². The zero-order valence-electron chi connectivity index (χ0n) is 15.8. The van der Waals surface area contributed by atoms with Crippen molar-refractivity contribution in [1.82, 2.24) is 9.78 Å². The van der Waals surface area contributed by atoms with Gasteiger partial charge in [-0.05, 0) is 31.2 Å². The molecule has 0 bridgehead atoms. The number of para-hydroxylation sites is 1. The van der Waals surface area contributed by atoms with E-state index in [2.05, 4.69) is 10.4 Å². The van der Waals surface area contributed by atoms with E-state index >= 15 is 0 Å². The fourth-order valence-electron chi connectivity index (χ4n) is 3.87. The van der Waals surface area contributed by atoms with Crippen LogP contribution in [0.25, 0.3) is 16.7 Å². The molecule has 8 heteroatoms. The van der Waals surface area contributed by atoms with Crippen LogP contribution in [0.1, 0.15) is 34.2 Å². The van der Waals surface area contributed by atoms with Gasteiger partial charge in [0.15, 0.2) is 11.6 Å². The summed E-state index contributed by atoms with van der Waals surface area (Å²) in [6.45, 7) is 1.67. The van der Waals surface area contributed by atoms with E-state index in [9.17, 15) is 18.4 Å². The molecule has 0 saturated carbocycles. The van der Waals surface area contributed by atoms with Gasteiger partial charge in [0, 0.05) is 23.4 Å². The Morgan fingerprint density at radius 1 is 1.20 bits per heavy atom. The van der Waals surface area contributed by atoms with Crippen LogP contribution in [-0.4, -0.2) is 21.5 Å². The van der Waals surface area contributed by atoms with Crippen LogP contribution in [0.5, 0.6) is 0 Å². The minimum Gasteiger partial charge on any atom is -0.453 e. The normalized spacial score (nSPS) is 15.8. The van der Waals surface area contributed by atoms with Crippen molar-refractivity contribution >= 4 is 28.5 Å². The summed E-state index contributed by atoms with van der Waals surface area (Å²) in [5.74, 6) is -2.81. The predicted molar refractivity (Wildman–Crippen MR) is 105 cm³/mol. The van der Waals surface area contributed by atoms with Gasteiger partial charge in [0.2, 0.25) is 11.7 Å². The van der Waals surface area contributed by atoms with Gasteiger partial charge in [-0.15, -0.1) is 0 Å². The Hall–Kier alpha value is -3.81. The first kappa shape index (κ1) is 18.2. The summed E-state index contributed by atoms with van der Waals surface area (Å²) in [5, 5.41) is 7.76. The number of amides is 1. The molecular formula is C22H15F2N3O3. The van der Waals surface area contributed by atoms with Gasteiger partial charge >= 0.3 is 0 Å². The fourth-order valence-corrected chi connectivity index (χ4v) is 3.87. The van der Waals surface area contributed by atoms with E-state index in [1.54, 1.807) is 25.1 Å². The second-order valence-electron chi connectivity index (χ2n) is 7.17. The summed E-state index contributed by atoms with van der Waals surface area (Å²) in [6, 6.07) is 11.9. The summed E-state index contributed by atoms with van der Waals surface area (Å²) >= 11 is 0. The minimum atomic E-state index is -0.833. The topological polar surface area (TPSA) is 77.1 Å². The SMILES string of the molecule is Cc1nn(-c2ccc(F)cc2F)c2c1C(C(=O)c1cc3ccccc3o1)CC(=O)N2. The second kappa shape index (κ2) is 6.62. The number of nitrogens with zero attached hydrogens (tertiary/aromatic N) is 2. The second-order valence-corrected chi connectivity index (χ2v) is 7.17.